The normalized spacial score (nSPS) is 12.7. The third-order valence-corrected chi connectivity index (χ3v) is 3.17. The van der Waals surface area contributed by atoms with Crippen LogP contribution in [0, 0.1) is 0 Å². The molecule has 0 N–H and O–H groups in total. The topological polar surface area (TPSA) is 0 Å². The second kappa shape index (κ2) is 4.56. The van der Waals surface area contributed by atoms with Gasteiger partial charge >= 0.3 is 12.4 Å². The van der Waals surface area contributed by atoms with Crippen LogP contribution in [0.4, 0.5) is 26.3 Å². The van der Waals surface area contributed by atoms with Crippen molar-refractivity contribution in [3.8, 4) is 11.1 Å². The molecule has 1 heterocycles. The molecule has 0 aliphatic heterocycles. The molecule has 1 aromatic carbocycles. The summed E-state index contributed by atoms with van der Waals surface area (Å²) in [6, 6.07) is 3.32. The first-order valence-electron chi connectivity index (χ1n) is 5.01. The maximum atomic E-state index is 12.8. The molecule has 0 saturated carbocycles. The van der Waals surface area contributed by atoms with Crippen molar-refractivity contribution in [1.82, 2.24) is 0 Å². The van der Waals surface area contributed by atoms with Gasteiger partial charge in [-0.1, -0.05) is 6.07 Å². The van der Waals surface area contributed by atoms with Gasteiger partial charge < -0.3 is 0 Å². The Balaban J connectivity index is 2.78. The summed E-state index contributed by atoms with van der Waals surface area (Å²) in [7, 11) is 0. The van der Waals surface area contributed by atoms with Gasteiger partial charge in [-0.3, -0.25) is 0 Å². The highest BCUT2D eigenvalue weighted by molar-refractivity contribution is 7.08. The van der Waals surface area contributed by atoms with E-state index in [0.717, 1.165) is 17.4 Å². The molecule has 0 radical (unpaired) electrons. The van der Waals surface area contributed by atoms with Crippen LogP contribution in [0.5, 0.6) is 0 Å². The molecular weight excluding hydrogens is 290 g/mol. The average molecular weight is 296 g/mol. The molecule has 19 heavy (non-hydrogen) atoms. The van der Waals surface area contributed by atoms with E-state index in [1.165, 1.54) is 16.8 Å². The summed E-state index contributed by atoms with van der Waals surface area (Å²) in [6.07, 6.45) is -9.67. The van der Waals surface area contributed by atoms with Crippen molar-refractivity contribution in [3.63, 3.8) is 0 Å². The predicted octanol–water partition coefficient (Wildman–Crippen LogP) is 5.45. The number of thiophene rings is 1. The Hall–Kier alpha value is -1.50. The molecular formula is C12H6F6S. The van der Waals surface area contributed by atoms with Gasteiger partial charge in [0.2, 0.25) is 0 Å². The SMILES string of the molecule is FC(F)(F)c1cccc(C(F)(F)F)c1-c1ccsc1. The van der Waals surface area contributed by atoms with E-state index in [0.29, 0.717) is 12.1 Å². The zero-order valence-corrected chi connectivity index (χ0v) is 9.96. The van der Waals surface area contributed by atoms with Gasteiger partial charge in [-0.15, -0.1) is 0 Å². The Kier molecular flexibility index (Phi) is 3.34. The maximum absolute atomic E-state index is 12.8. The third-order valence-electron chi connectivity index (χ3n) is 2.49. The van der Waals surface area contributed by atoms with E-state index in [2.05, 4.69) is 0 Å². The molecule has 0 saturated heterocycles. The lowest BCUT2D eigenvalue weighted by atomic mass is 9.95. The molecule has 0 bridgehead atoms. The molecule has 7 heteroatoms. The standard InChI is InChI=1S/C12H6F6S/c13-11(14,15)8-2-1-3-9(12(16,17)18)10(8)7-4-5-19-6-7/h1-6H. The van der Waals surface area contributed by atoms with Crippen molar-refractivity contribution in [2.45, 2.75) is 12.4 Å². The Bertz CT molecular complexity index is 533. The van der Waals surface area contributed by atoms with Crippen LogP contribution in [0.15, 0.2) is 35.0 Å². The largest absolute Gasteiger partial charge is 0.417 e. The molecule has 0 unspecified atom stereocenters. The van der Waals surface area contributed by atoms with E-state index in [9.17, 15) is 26.3 Å². The maximum Gasteiger partial charge on any atom is 0.417 e. The third kappa shape index (κ3) is 2.75. The van der Waals surface area contributed by atoms with Crippen LogP contribution < -0.4 is 0 Å². The van der Waals surface area contributed by atoms with E-state index in [4.69, 9.17) is 0 Å². The summed E-state index contributed by atoms with van der Waals surface area (Å²) in [4.78, 5) is 0. The zero-order chi connectivity index (χ0) is 14.3. The monoisotopic (exact) mass is 296 g/mol. The van der Waals surface area contributed by atoms with Gasteiger partial charge in [-0.05, 0) is 34.5 Å². The highest BCUT2D eigenvalue weighted by Crippen LogP contribution is 2.44. The van der Waals surface area contributed by atoms with Crippen molar-refractivity contribution in [1.29, 1.82) is 0 Å². The van der Waals surface area contributed by atoms with Gasteiger partial charge in [0.05, 0.1) is 11.1 Å². The molecule has 0 fully saturated rings. The Morgan fingerprint density at radius 2 is 1.32 bits per heavy atom. The highest BCUT2D eigenvalue weighted by atomic mass is 32.1. The number of alkyl halides is 6. The summed E-state index contributed by atoms with van der Waals surface area (Å²) in [5.41, 5.74) is -3.45. The van der Waals surface area contributed by atoms with Gasteiger partial charge in [-0.25, -0.2) is 0 Å². The molecule has 0 aliphatic carbocycles. The van der Waals surface area contributed by atoms with Crippen LogP contribution in [0.1, 0.15) is 11.1 Å². The first-order valence-corrected chi connectivity index (χ1v) is 5.95. The van der Waals surface area contributed by atoms with E-state index < -0.39 is 29.0 Å². The number of halogens is 6. The summed E-state index contributed by atoms with van der Waals surface area (Å²) in [5, 5.41) is 2.70. The van der Waals surface area contributed by atoms with Gasteiger partial charge in [0.15, 0.2) is 0 Å². The molecule has 0 atom stereocenters. The minimum atomic E-state index is -4.83. The lowest BCUT2D eigenvalue weighted by molar-refractivity contribution is -0.142. The molecule has 0 amide bonds. The minimum Gasteiger partial charge on any atom is -0.166 e. The average Bonchev–Trinajstić information content (AvgIpc) is 2.78. The van der Waals surface area contributed by atoms with Crippen LogP contribution in [-0.2, 0) is 12.4 Å². The Morgan fingerprint density at radius 1 is 0.789 bits per heavy atom. The molecule has 0 spiro atoms. The van der Waals surface area contributed by atoms with Crippen LogP contribution in [0.3, 0.4) is 0 Å². The van der Waals surface area contributed by atoms with E-state index in [1.807, 2.05) is 0 Å². The Labute approximate surface area is 108 Å². The predicted molar refractivity (Wildman–Crippen MR) is 59.8 cm³/mol. The summed E-state index contributed by atoms with van der Waals surface area (Å²) in [5.74, 6) is 0. The van der Waals surface area contributed by atoms with Crippen LogP contribution in [0.2, 0.25) is 0 Å². The van der Waals surface area contributed by atoms with Gasteiger partial charge in [-0.2, -0.15) is 37.7 Å². The minimum absolute atomic E-state index is 0.0785. The van der Waals surface area contributed by atoms with Gasteiger partial charge in [0, 0.05) is 5.56 Å². The summed E-state index contributed by atoms with van der Waals surface area (Å²) >= 11 is 1.04. The first-order chi connectivity index (χ1) is 8.71. The quantitative estimate of drug-likeness (QED) is 0.614. The summed E-state index contributed by atoms with van der Waals surface area (Å²) in [6.45, 7) is 0. The fourth-order valence-corrected chi connectivity index (χ4v) is 2.39. The fourth-order valence-electron chi connectivity index (χ4n) is 1.74. The molecule has 2 aromatic rings. The Morgan fingerprint density at radius 3 is 1.68 bits per heavy atom. The highest BCUT2D eigenvalue weighted by Gasteiger charge is 2.40. The van der Waals surface area contributed by atoms with Crippen molar-refractivity contribution in [3.05, 3.63) is 46.2 Å². The van der Waals surface area contributed by atoms with E-state index in [1.54, 1.807) is 0 Å². The zero-order valence-electron chi connectivity index (χ0n) is 9.14. The van der Waals surface area contributed by atoms with Crippen LogP contribution in [0.25, 0.3) is 11.1 Å². The molecule has 0 nitrogen and oxygen atoms in total. The number of benzene rings is 1. The van der Waals surface area contributed by atoms with Crippen LogP contribution in [-0.4, -0.2) is 0 Å². The lowest BCUT2D eigenvalue weighted by Crippen LogP contribution is -2.13. The molecule has 1 aromatic heterocycles. The fraction of sp³-hybridized carbons (Fsp3) is 0.167. The van der Waals surface area contributed by atoms with Crippen molar-refractivity contribution >= 4 is 11.3 Å². The van der Waals surface area contributed by atoms with E-state index in [-0.39, 0.29) is 5.56 Å². The number of hydrogen-bond acceptors (Lipinski definition) is 1. The second-order valence-corrected chi connectivity index (χ2v) is 4.52. The molecule has 2 rings (SSSR count). The first kappa shape index (κ1) is 13.9. The van der Waals surface area contributed by atoms with Gasteiger partial charge in [0.25, 0.3) is 0 Å². The van der Waals surface area contributed by atoms with E-state index >= 15 is 0 Å². The summed E-state index contributed by atoms with van der Waals surface area (Å²) < 4.78 is 77.1. The van der Waals surface area contributed by atoms with Crippen LogP contribution >= 0.6 is 11.3 Å². The van der Waals surface area contributed by atoms with Crippen molar-refractivity contribution in [2.24, 2.45) is 0 Å². The number of rotatable bonds is 1. The second-order valence-electron chi connectivity index (χ2n) is 3.74. The van der Waals surface area contributed by atoms with Crippen molar-refractivity contribution in [2.75, 3.05) is 0 Å². The lowest BCUT2D eigenvalue weighted by Gasteiger charge is -2.17. The van der Waals surface area contributed by atoms with Crippen molar-refractivity contribution < 1.29 is 26.3 Å². The number of hydrogen-bond donors (Lipinski definition) is 0. The smallest absolute Gasteiger partial charge is 0.166 e. The molecule has 102 valence electrons. The molecule has 0 aliphatic rings. The van der Waals surface area contributed by atoms with Gasteiger partial charge in [0.1, 0.15) is 0 Å².